The maximum Gasteiger partial charge on any atom is 0.433 e. The fraction of sp³-hybridized carbons (Fsp3) is 0.105. The summed E-state index contributed by atoms with van der Waals surface area (Å²) in [6.07, 6.45) is -3.53. The third-order valence-corrected chi connectivity index (χ3v) is 4.97. The number of fused-ring (bicyclic) bond motifs is 1. The van der Waals surface area contributed by atoms with Crippen LogP contribution in [0.3, 0.4) is 0 Å². The fourth-order valence-corrected chi connectivity index (χ4v) is 3.44. The Bertz CT molecular complexity index is 1120. The second-order valence-electron chi connectivity index (χ2n) is 5.96. The predicted octanol–water partition coefficient (Wildman–Crippen LogP) is 4.41. The summed E-state index contributed by atoms with van der Waals surface area (Å²) in [5, 5.41) is 8.20. The lowest BCUT2D eigenvalue weighted by Gasteiger charge is -2.11. The summed E-state index contributed by atoms with van der Waals surface area (Å²) in [7, 11) is 0. The molecule has 0 aliphatic carbocycles. The Labute approximate surface area is 161 Å². The van der Waals surface area contributed by atoms with E-state index in [1.807, 2.05) is 30.3 Å². The Morgan fingerprint density at radius 1 is 1.14 bits per heavy atom. The third kappa shape index (κ3) is 3.48. The van der Waals surface area contributed by atoms with E-state index in [0.717, 1.165) is 17.8 Å². The van der Waals surface area contributed by atoms with Gasteiger partial charge in [-0.15, -0.1) is 11.3 Å². The lowest BCUT2D eigenvalue weighted by atomic mass is 10.2. The molecule has 3 heterocycles. The smallest absolute Gasteiger partial charge is 0.348 e. The quantitative estimate of drug-likeness (QED) is 0.550. The molecule has 1 N–H and O–H groups in total. The molecule has 5 nitrogen and oxygen atoms in total. The van der Waals surface area contributed by atoms with E-state index >= 15 is 0 Å². The highest BCUT2D eigenvalue weighted by Gasteiger charge is 2.36. The summed E-state index contributed by atoms with van der Waals surface area (Å²) in [4.78, 5) is 17.4. The molecular weight excluding hydrogens is 389 g/mol. The molecule has 1 aromatic carbocycles. The van der Waals surface area contributed by atoms with E-state index in [-0.39, 0.29) is 23.4 Å². The third-order valence-electron chi connectivity index (χ3n) is 4.08. The van der Waals surface area contributed by atoms with Crippen LogP contribution in [0.15, 0.2) is 60.1 Å². The van der Waals surface area contributed by atoms with Crippen LogP contribution < -0.4 is 5.32 Å². The average molecular weight is 402 g/mol. The Morgan fingerprint density at radius 2 is 1.93 bits per heavy atom. The molecule has 0 bridgehead atoms. The number of hydrogen-bond donors (Lipinski definition) is 1. The van der Waals surface area contributed by atoms with Crippen LogP contribution in [0.4, 0.5) is 13.2 Å². The average Bonchev–Trinajstić information content (AvgIpc) is 3.35. The number of thiophene rings is 1. The molecule has 0 saturated heterocycles. The number of carbonyl (C=O) groups excluding carboxylic acids is 1. The van der Waals surface area contributed by atoms with Gasteiger partial charge < -0.3 is 5.32 Å². The normalized spacial score (nSPS) is 11.7. The summed E-state index contributed by atoms with van der Waals surface area (Å²) in [6.45, 7) is 0.244. The van der Waals surface area contributed by atoms with Crippen LogP contribution in [-0.4, -0.2) is 20.5 Å². The second kappa shape index (κ2) is 7.08. The zero-order valence-corrected chi connectivity index (χ0v) is 15.1. The van der Waals surface area contributed by atoms with Crippen LogP contribution in [0.5, 0.6) is 0 Å². The summed E-state index contributed by atoms with van der Waals surface area (Å²) in [5.41, 5.74) is -0.116. The molecule has 28 heavy (non-hydrogen) atoms. The molecule has 3 aromatic heterocycles. The molecule has 1 amide bonds. The molecule has 9 heteroatoms. The van der Waals surface area contributed by atoms with Crippen LogP contribution in [0.1, 0.15) is 21.6 Å². The molecule has 0 saturated carbocycles. The minimum absolute atomic E-state index is 0.0140. The van der Waals surface area contributed by atoms with E-state index in [1.54, 1.807) is 17.5 Å². The molecule has 0 fully saturated rings. The van der Waals surface area contributed by atoms with Gasteiger partial charge >= 0.3 is 6.18 Å². The van der Waals surface area contributed by atoms with E-state index in [0.29, 0.717) is 9.39 Å². The van der Waals surface area contributed by atoms with Gasteiger partial charge in [0.25, 0.3) is 5.91 Å². The molecule has 0 radical (unpaired) electrons. The molecule has 0 atom stereocenters. The second-order valence-corrected chi connectivity index (χ2v) is 6.91. The van der Waals surface area contributed by atoms with Gasteiger partial charge in [-0.1, -0.05) is 36.4 Å². The zero-order valence-electron chi connectivity index (χ0n) is 14.3. The lowest BCUT2D eigenvalue weighted by Crippen LogP contribution is -2.23. The first kappa shape index (κ1) is 18.2. The molecule has 0 aliphatic heterocycles. The number of benzene rings is 1. The van der Waals surface area contributed by atoms with Gasteiger partial charge in [0.2, 0.25) is 0 Å². The molecule has 0 unspecified atom stereocenters. The number of nitrogens with one attached hydrogen (secondary N) is 1. The highest BCUT2D eigenvalue weighted by Crippen LogP contribution is 2.33. The van der Waals surface area contributed by atoms with Crippen molar-refractivity contribution in [3.8, 4) is 10.6 Å². The van der Waals surface area contributed by atoms with Gasteiger partial charge in [0.1, 0.15) is 5.56 Å². The van der Waals surface area contributed by atoms with Crippen LogP contribution in [0, 0.1) is 0 Å². The SMILES string of the molecule is O=C(NCc1ccccc1)c1cnn2c(C(F)(F)F)cc(-c3cccs3)nc12. The van der Waals surface area contributed by atoms with Crippen molar-refractivity contribution in [3.63, 3.8) is 0 Å². The number of halogens is 3. The zero-order chi connectivity index (χ0) is 19.7. The number of carbonyl (C=O) groups is 1. The van der Waals surface area contributed by atoms with E-state index in [4.69, 9.17) is 0 Å². The highest BCUT2D eigenvalue weighted by molar-refractivity contribution is 7.13. The number of rotatable bonds is 4. The monoisotopic (exact) mass is 402 g/mol. The first-order valence-corrected chi connectivity index (χ1v) is 9.13. The van der Waals surface area contributed by atoms with Crippen molar-refractivity contribution in [2.75, 3.05) is 0 Å². The Balaban J connectivity index is 1.75. The largest absolute Gasteiger partial charge is 0.433 e. The minimum atomic E-state index is -4.64. The van der Waals surface area contributed by atoms with Crippen molar-refractivity contribution < 1.29 is 18.0 Å². The van der Waals surface area contributed by atoms with Gasteiger partial charge in [-0.3, -0.25) is 4.79 Å². The van der Waals surface area contributed by atoms with Crippen molar-refractivity contribution in [1.82, 2.24) is 19.9 Å². The van der Waals surface area contributed by atoms with E-state index in [1.165, 1.54) is 11.3 Å². The number of nitrogens with zero attached hydrogens (tertiary/aromatic N) is 3. The van der Waals surface area contributed by atoms with Crippen molar-refractivity contribution in [3.05, 3.63) is 76.9 Å². The van der Waals surface area contributed by atoms with Crippen molar-refractivity contribution in [2.24, 2.45) is 0 Å². The van der Waals surface area contributed by atoms with Crippen LogP contribution in [-0.2, 0) is 12.7 Å². The van der Waals surface area contributed by atoms with Crippen molar-refractivity contribution >= 4 is 22.9 Å². The van der Waals surface area contributed by atoms with E-state index < -0.39 is 17.8 Å². The number of alkyl halides is 3. The summed E-state index contributed by atoms with van der Waals surface area (Å²) < 4.78 is 41.3. The summed E-state index contributed by atoms with van der Waals surface area (Å²) in [6, 6.07) is 13.5. The molecule has 0 aliphatic rings. The maximum atomic E-state index is 13.5. The highest BCUT2D eigenvalue weighted by atomic mass is 32.1. The number of hydrogen-bond acceptors (Lipinski definition) is 4. The van der Waals surface area contributed by atoms with Gasteiger partial charge in [0.15, 0.2) is 11.3 Å². The van der Waals surface area contributed by atoms with Gasteiger partial charge in [0, 0.05) is 6.54 Å². The van der Waals surface area contributed by atoms with Gasteiger partial charge in [-0.2, -0.15) is 18.3 Å². The summed E-state index contributed by atoms with van der Waals surface area (Å²) >= 11 is 1.27. The first-order chi connectivity index (χ1) is 13.4. The molecule has 4 rings (SSSR count). The first-order valence-electron chi connectivity index (χ1n) is 8.25. The van der Waals surface area contributed by atoms with Gasteiger partial charge in [-0.25, -0.2) is 9.50 Å². The van der Waals surface area contributed by atoms with Gasteiger partial charge in [0.05, 0.1) is 16.8 Å². The molecule has 0 spiro atoms. The Hall–Kier alpha value is -3.20. The standard InChI is InChI=1S/C19H13F3N4OS/c20-19(21,22)16-9-14(15-7-4-8-28-15)25-17-13(11-24-26(16)17)18(27)23-10-12-5-2-1-3-6-12/h1-9,11H,10H2,(H,23,27). The molecule has 142 valence electrons. The van der Waals surface area contributed by atoms with E-state index in [9.17, 15) is 18.0 Å². The Kier molecular flexibility index (Phi) is 4.60. The van der Waals surface area contributed by atoms with Crippen molar-refractivity contribution in [2.45, 2.75) is 12.7 Å². The molecular formula is C19H13F3N4OS. The lowest BCUT2D eigenvalue weighted by molar-refractivity contribution is -0.142. The van der Waals surface area contributed by atoms with E-state index in [2.05, 4.69) is 15.4 Å². The van der Waals surface area contributed by atoms with Crippen molar-refractivity contribution in [1.29, 1.82) is 0 Å². The van der Waals surface area contributed by atoms with Crippen LogP contribution in [0.25, 0.3) is 16.2 Å². The molecule has 4 aromatic rings. The maximum absolute atomic E-state index is 13.5. The van der Waals surface area contributed by atoms with Gasteiger partial charge in [-0.05, 0) is 23.1 Å². The predicted molar refractivity (Wildman–Crippen MR) is 98.9 cm³/mol. The topological polar surface area (TPSA) is 59.3 Å². The van der Waals surface area contributed by atoms with Crippen LogP contribution in [0.2, 0.25) is 0 Å². The fourth-order valence-electron chi connectivity index (χ4n) is 2.75. The number of amides is 1. The van der Waals surface area contributed by atoms with Crippen LogP contribution >= 0.6 is 11.3 Å². The minimum Gasteiger partial charge on any atom is -0.348 e. The Morgan fingerprint density at radius 3 is 2.61 bits per heavy atom. The summed E-state index contributed by atoms with van der Waals surface area (Å²) in [5.74, 6) is -0.539. The number of aromatic nitrogens is 3.